The largest absolute Gasteiger partial charge is 0.508 e. The standard InChI is InChI=1S/C29H24N2O3S/c1-19-18-35-28-27(19)24(8-5-15-30-28)21-9-11-22(12-10-21)31(17-20-6-3-2-4-7-20)29(34)25-14-13-23(32)16-26(25)33/h2-4,6-16,18,32-33H,5,17H2,1H3. The summed E-state index contributed by atoms with van der Waals surface area (Å²) in [6.07, 6.45) is 4.88. The third-order valence-electron chi connectivity index (χ3n) is 5.99. The van der Waals surface area contributed by atoms with Crippen molar-refractivity contribution in [1.29, 1.82) is 0 Å². The van der Waals surface area contributed by atoms with Crippen molar-refractivity contribution < 1.29 is 15.0 Å². The number of carbonyl (C=O) groups is 1. The summed E-state index contributed by atoms with van der Waals surface area (Å²) >= 11 is 1.64. The van der Waals surface area contributed by atoms with Crippen molar-refractivity contribution in [1.82, 2.24) is 0 Å². The van der Waals surface area contributed by atoms with Gasteiger partial charge in [-0.25, -0.2) is 4.99 Å². The van der Waals surface area contributed by atoms with Crippen molar-refractivity contribution in [3.05, 3.63) is 112 Å². The van der Waals surface area contributed by atoms with E-state index in [0.717, 1.165) is 33.7 Å². The first-order chi connectivity index (χ1) is 17.0. The van der Waals surface area contributed by atoms with E-state index in [-0.39, 0.29) is 23.0 Å². The zero-order valence-electron chi connectivity index (χ0n) is 19.2. The molecule has 0 saturated carbocycles. The van der Waals surface area contributed by atoms with Gasteiger partial charge in [0, 0.05) is 30.0 Å². The van der Waals surface area contributed by atoms with Crippen molar-refractivity contribution in [2.75, 3.05) is 4.90 Å². The van der Waals surface area contributed by atoms with Gasteiger partial charge < -0.3 is 15.1 Å². The number of benzene rings is 3. The maximum atomic E-state index is 13.5. The van der Waals surface area contributed by atoms with Crippen molar-refractivity contribution >= 4 is 39.7 Å². The Balaban J connectivity index is 1.52. The molecule has 2 heterocycles. The number of aryl methyl sites for hydroxylation is 1. The highest BCUT2D eigenvalue weighted by Crippen LogP contribution is 2.40. The second kappa shape index (κ2) is 9.60. The molecule has 1 amide bonds. The van der Waals surface area contributed by atoms with E-state index in [1.807, 2.05) is 60.8 Å². The monoisotopic (exact) mass is 480 g/mol. The second-order valence-corrected chi connectivity index (χ2v) is 9.25. The summed E-state index contributed by atoms with van der Waals surface area (Å²) in [6, 6.07) is 21.6. The van der Waals surface area contributed by atoms with Crippen molar-refractivity contribution in [2.24, 2.45) is 4.99 Å². The minimum atomic E-state index is -0.350. The fraction of sp³-hybridized carbons (Fsp3) is 0.103. The average Bonchev–Trinajstić information content (AvgIpc) is 3.09. The molecule has 4 aromatic rings. The van der Waals surface area contributed by atoms with E-state index >= 15 is 0 Å². The molecule has 35 heavy (non-hydrogen) atoms. The number of phenolic OH excluding ortho intramolecular Hbond substituents is 2. The van der Waals surface area contributed by atoms with Gasteiger partial charge in [-0.2, -0.15) is 0 Å². The number of thiophene rings is 1. The fourth-order valence-electron chi connectivity index (χ4n) is 4.24. The molecule has 0 saturated heterocycles. The summed E-state index contributed by atoms with van der Waals surface area (Å²) in [5.74, 6) is -0.701. The van der Waals surface area contributed by atoms with Crippen LogP contribution in [0.5, 0.6) is 11.5 Å². The molecule has 0 aliphatic carbocycles. The van der Waals surface area contributed by atoms with Gasteiger partial charge in [-0.15, -0.1) is 11.3 Å². The number of aromatic hydroxyl groups is 2. The molecule has 0 spiro atoms. The Morgan fingerprint density at radius 1 is 1.03 bits per heavy atom. The lowest BCUT2D eigenvalue weighted by atomic mass is 9.96. The molecule has 1 aliphatic heterocycles. The third-order valence-corrected chi connectivity index (χ3v) is 7.00. The quantitative estimate of drug-likeness (QED) is 0.328. The van der Waals surface area contributed by atoms with Crippen LogP contribution in [0, 0.1) is 6.92 Å². The minimum absolute atomic E-state index is 0.0956. The minimum Gasteiger partial charge on any atom is -0.508 e. The zero-order valence-corrected chi connectivity index (χ0v) is 20.0. The topological polar surface area (TPSA) is 73.1 Å². The lowest BCUT2D eigenvalue weighted by molar-refractivity contribution is 0.0982. The van der Waals surface area contributed by atoms with Gasteiger partial charge in [0.15, 0.2) is 0 Å². The van der Waals surface area contributed by atoms with Gasteiger partial charge in [-0.3, -0.25) is 4.79 Å². The summed E-state index contributed by atoms with van der Waals surface area (Å²) in [5.41, 5.74) is 6.35. The number of anilines is 1. The molecule has 5 rings (SSSR count). The Morgan fingerprint density at radius 2 is 1.80 bits per heavy atom. The molecule has 2 N–H and O–H groups in total. The fourth-order valence-corrected chi connectivity index (χ4v) is 5.17. The molecule has 0 atom stereocenters. The molecule has 0 radical (unpaired) electrons. The lowest BCUT2D eigenvalue weighted by Crippen LogP contribution is -2.30. The number of carbonyl (C=O) groups excluding carboxylic acids is 1. The Labute approximate surface area is 208 Å². The maximum absolute atomic E-state index is 13.5. The molecule has 0 unspecified atom stereocenters. The van der Waals surface area contributed by atoms with Crippen molar-refractivity contribution in [3.63, 3.8) is 0 Å². The van der Waals surface area contributed by atoms with Gasteiger partial charge >= 0.3 is 0 Å². The van der Waals surface area contributed by atoms with Gasteiger partial charge in [0.25, 0.3) is 5.91 Å². The second-order valence-electron chi connectivity index (χ2n) is 8.39. The molecule has 1 aliphatic rings. The molecule has 1 aromatic heterocycles. The van der Waals surface area contributed by atoms with E-state index in [0.29, 0.717) is 12.2 Å². The lowest BCUT2D eigenvalue weighted by Gasteiger charge is -2.24. The van der Waals surface area contributed by atoms with Crippen LogP contribution in [-0.2, 0) is 6.54 Å². The molecule has 0 bridgehead atoms. The summed E-state index contributed by atoms with van der Waals surface area (Å²) < 4.78 is 0. The number of amides is 1. The van der Waals surface area contributed by atoms with E-state index in [1.54, 1.807) is 16.2 Å². The van der Waals surface area contributed by atoms with Gasteiger partial charge in [0.05, 0.1) is 12.1 Å². The van der Waals surface area contributed by atoms with Crippen molar-refractivity contribution in [3.8, 4) is 11.5 Å². The summed E-state index contributed by atoms with van der Waals surface area (Å²) in [6.45, 7) is 2.44. The average molecular weight is 481 g/mol. The molecule has 174 valence electrons. The summed E-state index contributed by atoms with van der Waals surface area (Å²) in [7, 11) is 0. The highest BCUT2D eigenvalue weighted by molar-refractivity contribution is 7.14. The van der Waals surface area contributed by atoms with Crippen LogP contribution in [0.25, 0.3) is 5.57 Å². The van der Waals surface area contributed by atoms with Crippen LogP contribution in [0.2, 0.25) is 0 Å². The normalized spacial score (nSPS) is 12.5. The number of hydrogen-bond donors (Lipinski definition) is 2. The van der Waals surface area contributed by atoms with Crippen LogP contribution in [0.15, 0.2) is 89.2 Å². The Kier molecular flexibility index (Phi) is 6.21. The van der Waals surface area contributed by atoms with Crippen LogP contribution < -0.4 is 4.90 Å². The van der Waals surface area contributed by atoms with Gasteiger partial charge in [0.1, 0.15) is 16.5 Å². The first-order valence-corrected chi connectivity index (χ1v) is 12.2. The number of fused-ring (bicyclic) bond motifs is 1. The molecular weight excluding hydrogens is 456 g/mol. The van der Waals surface area contributed by atoms with Crippen LogP contribution >= 0.6 is 11.3 Å². The predicted octanol–water partition coefficient (Wildman–Crippen LogP) is 6.85. The number of allylic oxidation sites excluding steroid dienone is 1. The van der Waals surface area contributed by atoms with Crippen LogP contribution in [0.1, 0.15) is 39.0 Å². The van der Waals surface area contributed by atoms with Crippen LogP contribution in [0.4, 0.5) is 10.7 Å². The first-order valence-electron chi connectivity index (χ1n) is 11.3. The van der Waals surface area contributed by atoms with Gasteiger partial charge in [-0.05, 0) is 58.8 Å². The highest BCUT2D eigenvalue weighted by atomic mass is 32.1. The number of hydrogen-bond acceptors (Lipinski definition) is 5. The zero-order chi connectivity index (χ0) is 24.4. The molecular formula is C29H24N2O3S. The summed E-state index contributed by atoms with van der Waals surface area (Å²) in [5, 5.41) is 23.1. The van der Waals surface area contributed by atoms with E-state index in [2.05, 4.69) is 23.4 Å². The molecule has 0 fully saturated rings. The third kappa shape index (κ3) is 4.61. The smallest absolute Gasteiger partial charge is 0.262 e. The Bertz CT molecular complexity index is 1440. The van der Waals surface area contributed by atoms with Crippen LogP contribution in [-0.4, -0.2) is 22.3 Å². The van der Waals surface area contributed by atoms with Gasteiger partial charge in [0.2, 0.25) is 0 Å². The number of rotatable bonds is 5. The number of nitrogens with zero attached hydrogens (tertiary/aromatic N) is 2. The molecule has 5 nitrogen and oxygen atoms in total. The van der Waals surface area contributed by atoms with Crippen molar-refractivity contribution in [2.45, 2.75) is 19.9 Å². The first kappa shape index (κ1) is 22.6. The molecule has 6 heteroatoms. The maximum Gasteiger partial charge on any atom is 0.262 e. The van der Waals surface area contributed by atoms with E-state index in [4.69, 9.17) is 0 Å². The highest BCUT2D eigenvalue weighted by Gasteiger charge is 2.22. The SMILES string of the molecule is Cc1csc2c1C(c1ccc(N(Cc3ccccc3)C(=O)c3ccc(O)cc3O)cc1)=CCC=N2. The number of aliphatic imine (C=N–C) groups is 1. The number of phenols is 2. The van der Waals surface area contributed by atoms with Crippen LogP contribution in [0.3, 0.4) is 0 Å². The van der Waals surface area contributed by atoms with Gasteiger partial charge in [-0.1, -0.05) is 48.5 Å². The summed E-state index contributed by atoms with van der Waals surface area (Å²) in [4.78, 5) is 19.8. The van der Waals surface area contributed by atoms with E-state index in [9.17, 15) is 15.0 Å². The Morgan fingerprint density at radius 3 is 2.54 bits per heavy atom. The molecule has 3 aromatic carbocycles. The Hall–Kier alpha value is -4.16. The predicted molar refractivity (Wildman–Crippen MR) is 142 cm³/mol. The van der Waals surface area contributed by atoms with E-state index in [1.165, 1.54) is 23.8 Å². The van der Waals surface area contributed by atoms with E-state index < -0.39 is 0 Å².